The first kappa shape index (κ1) is 14.7. The van der Waals surface area contributed by atoms with Gasteiger partial charge in [0.2, 0.25) is 0 Å². The van der Waals surface area contributed by atoms with Crippen LogP contribution in [0.15, 0.2) is 36.4 Å². The van der Waals surface area contributed by atoms with Gasteiger partial charge in [0.05, 0.1) is 12.8 Å². The van der Waals surface area contributed by atoms with Crippen LogP contribution in [-0.2, 0) is 6.54 Å². The Hall–Kier alpha value is -2.69. The number of nitrogens with two attached hydrogens (primary N) is 1. The van der Waals surface area contributed by atoms with Crippen LogP contribution in [0.2, 0.25) is 0 Å². The smallest absolute Gasteiger partial charge is 0.251 e. The molecule has 5 heteroatoms. The van der Waals surface area contributed by atoms with E-state index in [-0.39, 0.29) is 11.7 Å². The normalized spacial score (nSPS) is 10.2. The Labute approximate surface area is 123 Å². The number of aryl methyl sites for hydroxylation is 1. The van der Waals surface area contributed by atoms with E-state index >= 15 is 0 Å². The molecular formula is C16H18N2O3. The Morgan fingerprint density at radius 3 is 2.67 bits per heavy atom. The molecule has 0 heterocycles. The van der Waals surface area contributed by atoms with Crippen molar-refractivity contribution in [3.05, 3.63) is 53.1 Å². The fraction of sp³-hybridized carbons (Fsp3) is 0.188. The van der Waals surface area contributed by atoms with Gasteiger partial charge in [0.1, 0.15) is 11.5 Å². The quantitative estimate of drug-likeness (QED) is 0.752. The molecule has 0 aliphatic rings. The molecule has 2 aromatic carbocycles. The van der Waals surface area contributed by atoms with Crippen molar-refractivity contribution in [1.29, 1.82) is 0 Å². The second-order valence-electron chi connectivity index (χ2n) is 4.76. The molecular weight excluding hydrogens is 268 g/mol. The zero-order valence-electron chi connectivity index (χ0n) is 12.0. The summed E-state index contributed by atoms with van der Waals surface area (Å²) in [4.78, 5) is 12.0. The predicted octanol–water partition coefficient (Wildman–Crippen LogP) is 2.22. The third-order valence-electron chi connectivity index (χ3n) is 3.21. The van der Waals surface area contributed by atoms with Gasteiger partial charge >= 0.3 is 0 Å². The molecule has 0 atom stereocenters. The third-order valence-corrected chi connectivity index (χ3v) is 3.21. The number of phenolic OH excluding ortho intramolecular Hbond substituents is 1. The van der Waals surface area contributed by atoms with Gasteiger partial charge in [0.15, 0.2) is 0 Å². The number of nitrogens with one attached hydrogen (secondary N) is 1. The van der Waals surface area contributed by atoms with Crippen molar-refractivity contribution >= 4 is 11.6 Å². The Bertz CT molecular complexity index is 669. The summed E-state index contributed by atoms with van der Waals surface area (Å²) in [6.45, 7) is 2.11. The van der Waals surface area contributed by atoms with E-state index in [1.54, 1.807) is 38.3 Å². The monoisotopic (exact) mass is 286 g/mol. The van der Waals surface area contributed by atoms with Gasteiger partial charge < -0.3 is 20.9 Å². The van der Waals surface area contributed by atoms with Gasteiger partial charge in [-0.3, -0.25) is 4.79 Å². The molecule has 0 fully saturated rings. The molecule has 4 N–H and O–H groups in total. The zero-order valence-corrected chi connectivity index (χ0v) is 12.0. The van der Waals surface area contributed by atoms with Crippen molar-refractivity contribution < 1.29 is 14.6 Å². The van der Waals surface area contributed by atoms with Crippen LogP contribution in [0.1, 0.15) is 21.5 Å². The van der Waals surface area contributed by atoms with Crippen LogP contribution in [0.3, 0.4) is 0 Å². The van der Waals surface area contributed by atoms with Crippen LogP contribution >= 0.6 is 0 Å². The fourth-order valence-electron chi connectivity index (χ4n) is 1.97. The lowest BCUT2D eigenvalue weighted by Crippen LogP contribution is -2.22. The number of aromatic hydroxyl groups is 1. The Kier molecular flexibility index (Phi) is 4.33. The van der Waals surface area contributed by atoms with Gasteiger partial charge in [-0.15, -0.1) is 0 Å². The lowest BCUT2D eigenvalue weighted by atomic mass is 10.1. The van der Waals surface area contributed by atoms with Gasteiger partial charge in [-0.1, -0.05) is 6.07 Å². The minimum absolute atomic E-state index is 0.175. The summed E-state index contributed by atoms with van der Waals surface area (Å²) in [6, 6.07) is 10.1. The summed E-state index contributed by atoms with van der Waals surface area (Å²) in [5.74, 6) is 0.584. The number of benzene rings is 2. The van der Waals surface area contributed by atoms with E-state index < -0.39 is 0 Å². The summed E-state index contributed by atoms with van der Waals surface area (Å²) >= 11 is 0. The first-order valence-electron chi connectivity index (χ1n) is 6.51. The number of ether oxygens (including phenoxy) is 1. The molecule has 2 rings (SSSR count). The minimum Gasteiger partial charge on any atom is -0.508 e. The molecule has 110 valence electrons. The number of rotatable bonds is 4. The number of nitrogen functional groups attached to an aromatic ring is 1. The van der Waals surface area contributed by atoms with Crippen molar-refractivity contribution in [2.45, 2.75) is 13.5 Å². The number of carbonyl (C=O) groups is 1. The van der Waals surface area contributed by atoms with Gasteiger partial charge in [-0.2, -0.15) is 0 Å². The number of hydrogen-bond acceptors (Lipinski definition) is 4. The summed E-state index contributed by atoms with van der Waals surface area (Å²) < 4.78 is 5.08. The maximum absolute atomic E-state index is 12.0. The topological polar surface area (TPSA) is 84.6 Å². The fourth-order valence-corrected chi connectivity index (χ4v) is 1.97. The first-order valence-corrected chi connectivity index (χ1v) is 6.51. The lowest BCUT2D eigenvalue weighted by molar-refractivity contribution is 0.0951. The molecule has 0 saturated heterocycles. The van der Waals surface area contributed by atoms with Crippen LogP contribution in [0.5, 0.6) is 11.5 Å². The average molecular weight is 286 g/mol. The maximum atomic E-state index is 12.0. The van der Waals surface area contributed by atoms with Crippen LogP contribution in [0.4, 0.5) is 5.69 Å². The number of hydrogen-bond donors (Lipinski definition) is 3. The molecule has 0 aliphatic carbocycles. The summed E-state index contributed by atoms with van der Waals surface area (Å²) in [6.07, 6.45) is 0. The summed E-state index contributed by atoms with van der Waals surface area (Å²) in [5.41, 5.74) is 8.41. The van der Waals surface area contributed by atoms with E-state index in [0.717, 1.165) is 5.56 Å². The Morgan fingerprint density at radius 2 is 2.05 bits per heavy atom. The molecule has 2 aromatic rings. The van der Waals surface area contributed by atoms with E-state index in [2.05, 4.69) is 5.32 Å². The molecule has 0 spiro atoms. The molecule has 0 aromatic heterocycles. The van der Waals surface area contributed by atoms with E-state index in [9.17, 15) is 9.90 Å². The van der Waals surface area contributed by atoms with Crippen LogP contribution in [0.25, 0.3) is 0 Å². The molecule has 0 saturated carbocycles. The largest absolute Gasteiger partial charge is 0.508 e. The highest BCUT2D eigenvalue weighted by molar-refractivity contribution is 5.94. The van der Waals surface area contributed by atoms with Crippen molar-refractivity contribution in [3.63, 3.8) is 0 Å². The first-order chi connectivity index (χ1) is 10.0. The van der Waals surface area contributed by atoms with Crippen molar-refractivity contribution in [2.75, 3.05) is 12.8 Å². The average Bonchev–Trinajstić information content (AvgIpc) is 2.47. The van der Waals surface area contributed by atoms with Crippen molar-refractivity contribution in [3.8, 4) is 11.5 Å². The molecule has 21 heavy (non-hydrogen) atoms. The highest BCUT2D eigenvalue weighted by Gasteiger charge is 2.08. The van der Waals surface area contributed by atoms with E-state index in [4.69, 9.17) is 10.5 Å². The predicted molar refractivity (Wildman–Crippen MR) is 81.4 cm³/mol. The van der Waals surface area contributed by atoms with Gasteiger partial charge in [0, 0.05) is 12.1 Å². The molecule has 0 unspecified atom stereocenters. The molecule has 5 nitrogen and oxygen atoms in total. The van der Waals surface area contributed by atoms with Crippen molar-refractivity contribution in [2.24, 2.45) is 0 Å². The van der Waals surface area contributed by atoms with Crippen molar-refractivity contribution in [1.82, 2.24) is 5.32 Å². The second-order valence-corrected chi connectivity index (χ2v) is 4.76. The number of amides is 1. The SMILES string of the molecule is COc1ccc(CNC(=O)c2ccc(O)c(C)c2)cc1N. The number of methoxy groups -OCH3 is 1. The van der Waals surface area contributed by atoms with Crippen LogP contribution < -0.4 is 15.8 Å². The minimum atomic E-state index is -0.201. The molecule has 0 bridgehead atoms. The maximum Gasteiger partial charge on any atom is 0.251 e. The van der Waals surface area contributed by atoms with E-state index in [1.807, 2.05) is 6.07 Å². The number of carbonyl (C=O) groups excluding carboxylic acids is 1. The van der Waals surface area contributed by atoms with E-state index in [1.165, 1.54) is 6.07 Å². The number of anilines is 1. The highest BCUT2D eigenvalue weighted by atomic mass is 16.5. The summed E-state index contributed by atoms with van der Waals surface area (Å²) in [5, 5.41) is 12.3. The van der Waals surface area contributed by atoms with Gasteiger partial charge in [-0.25, -0.2) is 0 Å². The van der Waals surface area contributed by atoms with Gasteiger partial charge in [-0.05, 0) is 48.4 Å². The summed E-state index contributed by atoms with van der Waals surface area (Å²) in [7, 11) is 1.56. The van der Waals surface area contributed by atoms with Crippen LogP contribution in [-0.4, -0.2) is 18.1 Å². The molecule has 1 amide bonds. The molecule has 0 radical (unpaired) electrons. The lowest BCUT2D eigenvalue weighted by Gasteiger charge is -2.09. The third kappa shape index (κ3) is 3.45. The zero-order chi connectivity index (χ0) is 15.4. The second kappa shape index (κ2) is 6.17. The Morgan fingerprint density at radius 1 is 1.29 bits per heavy atom. The number of phenols is 1. The van der Waals surface area contributed by atoms with Crippen LogP contribution in [0, 0.1) is 6.92 Å². The van der Waals surface area contributed by atoms with E-state index in [0.29, 0.717) is 29.1 Å². The Balaban J connectivity index is 2.03. The highest BCUT2D eigenvalue weighted by Crippen LogP contribution is 2.22. The standard InChI is InChI=1S/C16H18N2O3/c1-10-7-12(4-5-14(10)19)16(20)18-9-11-3-6-15(21-2)13(17)8-11/h3-8,19H,9,17H2,1-2H3,(H,18,20). The van der Waals surface area contributed by atoms with Gasteiger partial charge in [0.25, 0.3) is 5.91 Å². The molecule has 0 aliphatic heterocycles.